The average molecular weight is 245 g/mol. The van der Waals surface area contributed by atoms with Crippen molar-refractivity contribution in [3.8, 4) is 0 Å². The monoisotopic (exact) mass is 245 g/mol. The Morgan fingerprint density at radius 2 is 2.31 bits per heavy atom. The van der Waals surface area contributed by atoms with E-state index >= 15 is 0 Å². The SMILES string of the molecule is COCCOCCNCC(O)c1ccsc1. The molecule has 0 saturated carbocycles. The molecule has 0 aromatic carbocycles. The van der Waals surface area contributed by atoms with Crippen LogP contribution in [0.5, 0.6) is 0 Å². The van der Waals surface area contributed by atoms with Gasteiger partial charge in [-0.05, 0) is 22.4 Å². The summed E-state index contributed by atoms with van der Waals surface area (Å²) in [6, 6.07) is 1.94. The summed E-state index contributed by atoms with van der Waals surface area (Å²) in [7, 11) is 1.65. The molecule has 0 aliphatic rings. The molecule has 0 aliphatic carbocycles. The number of hydrogen-bond acceptors (Lipinski definition) is 5. The smallest absolute Gasteiger partial charge is 0.0922 e. The Morgan fingerprint density at radius 3 is 3.00 bits per heavy atom. The van der Waals surface area contributed by atoms with Gasteiger partial charge in [-0.1, -0.05) is 0 Å². The number of aliphatic hydroxyl groups is 1. The first kappa shape index (κ1) is 13.6. The lowest BCUT2D eigenvalue weighted by Crippen LogP contribution is -2.25. The third kappa shape index (κ3) is 5.58. The van der Waals surface area contributed by atoms with Gasteiger partial charge in [0.1, 0.15) is 0 Å². The topological polar surface area (TPSA) is 50.7 Å². The minimum absolute atomic E-state index is 0.426. The molecule has 16 heavy (non-hydrogen) atoms. The lowest BCUT2D eigenvalue weighted by atomic mass is 10.2. The van der Waals surface area contributed by atoms with Gasteiger partial charge in [0, 0.05) is 20.2 Å². The van der Waals surface area contributed by atoms with Crippen molar-refractivity contribution >= 4 is 11.3 Å². The minimum Gasteiger partial charge on any atom is -0.387 e. The molecule has 0 fully saturated rings. The van der Waals surface area contributed by atoms with Gasteiger partial charge >= 0.3 is 0 Å². The first-order chi connectivity index (χ1) is 7.84. The van der Waals surface area contributed by atoms with Gasteiger partial charge in [0.25, 0.3) is 0 Å². The van der Waals surface area contributed by atoms with Crippen LogP contribution >= 0.6 is 11.3 Å². The van der Waals surface area contributed by atoms with Crippen molar-refractivity contribution in [2.75, 3.05) is 40.0 Å². The van der Waals surface area contributed by atoms with Gasteiger partial charge in [-0.15, -0.1) is 0 Å². The van der Waals surface area contributed by atoms with E-state index in [-0.39, 0.29) is 0 Å². The second-order valence-corrected chi connectivity index (χ2v) is 4.16. The molecule has 0 radical (unpaired) electrons. The Bertz CT molecular complexity index is 254. The second kappa shape index (κ2) is 8.66. The molecule has 0 aliphatic heterocycles. The molecule has 0 spiro atoms. The predicted octanol–water partition coefficient (Wildman–Crippen LogP) is 1.03. The second-order valence-electron chi connectivity index (χ2n) is 3.38. The maximum atomic E-state index is 9.73. The number of hydrogen-bond donors (Lipinski definition) is 2. The van der Waals surface area contributed by atoms with E-state index in [4.69, 9.17) is 9.47 Å². The van der Waals surface area contributed by atoms with Gasteiger partial charge in [0.05, 0.1) is 25.9 Å². The zero-order valence-electron chi connectivity index (χ0n) is 9.52. The number of aliphatic hydroxyl groups excluding tert-OH is 1. The molecule has 1 heterocycles. The molecule has 1 unspecified atom stereocenters. The highest BCUT2D eigenvalue weighted by Crippen LogP contribution is 2.14. The summed E-state index contributed by atoms with van der Waals surface area (Å²) in [4.78, 5) is 0. The highest BCUT2D eigenvalue weighted by Gasteiger charge is 2.06. The van der Waals surface area contributed by atoms with E-state index in [9.17, 15) is 5.11 Å². The lowest BCUT2D eigenvalue weighted by Gasteiger charge is -2.10. The van der Waals surface area contributed by atoms with Crippen molar-refractivity contribution in [3.05, 3.63) is 22.4 Å². The molecule has 1 rings (SSSR count). The zero-order chi connectivity index (χ0) is 11.6. The predicted molar refractivity (Wildman–Crippen MR) is 64.8 cm³/mol. The fraction of sp³-hybridized carbons (Fsp3) is 0.636. The van der Waals surface area contributed by atoms with Crippen LogP contribution in [0.2, 0.25) is 0 Å². The van der Waals surface area contributed by atoms with Crippen molar-refractivity contribution in [1.29, 1.82) is 0 Å². The summed E-state index contributed by atoms with van der Waals surface area (Å²) >= 11 is 1.59. The van der Waals surface area contributed by atoms with Crippen LogP contribution in [0.15, 0.2) is 16.8 Å². The summed E-state index contributed by atoms with van der Waals surface area (Å²) in [6.07, 6.45) is -0.426. The van der Waals surface area contributed by atoms with Crippen molar-refractivity contribution in [1.82, 2.24) is 5.32 Å². The molecular weight excluding hydrogens is 226 g/mol. The van der Waals surface area contributed by atoms with Gasteiger partial charge in [-0.2, -0.15) is 11.3 Å². The van der Waals surface area contributed by atoms with Gasteiger partial charge in [-0.25, -0.2) is 0 Å². The summed E-state index contributed by atoms with van der Waals surface area (Å²) < 4.78 is 10.1. The number of ether oxygens (including phenoxy) is 2. The van der Waals surface area contributed by atoms with E-state index in [0.717, 1.165) is 12.1 Å². The first-order valence-electron chi connectivity index (χ1n) is 5.32. The minimum atomic E-state index is -0.426. The standard InChI is InChI=1S/C11H19NO3S/c1-14-5-6-15-4-3-12-8-11(13)10-2-7-16-9-10/h2,7,9,11-13H,3-6,8H2,1H3. The Labute approximate surface area is 100 Å². The Balaban J connectivity index is 1.95. The summed E-state index contributed by atoms with van der Waals surface area (Å²) in [5, 5.41) is 16.8. The van der Waals surface area contributed by atoms with Gasteiger partial charge < -0.3 is 19.9 Å². The zero-order valence-corrected chi connectivity index (χ0v) is 10.3. The molecule has 1 atom stereocenters. The van der Waals surface area contributed by atoms with Gasteiger partial charge in [0.2, 0.25) is 0 Å². The number of thiophene rings is 1. The van der Waals surface area contributed by atoms with Crippen molar-refractivity contribution < 1.29 is 14.6 Å². The number of nitrogens with one attached hydrogen (secondary N) is 1. The first-order valence-corrected chi connectivity index (χ1v) is 6.26. The number of methoxy groups -OCH3 is 1. The largest absolute Gasteiger partial charge is 0.387 e. The molecule has 1 aromatic rings. The van der Waals surface area contributed by atoms with Crippen LogP contribution in [0, 0.1) is 0 Å². The average Bonchev–Trinajstić information content (AvgIpc) is 2.81. The van der Waals surface area contributed by atoms with Crippen LogP contribution in [-0.2, 0) is 9.47 Å². The van der Waals surface area contributed by atoms with Crippen LogP contribution in [0.4, 0.5) is 0 Å². The number of rotatable bonds is 9. The van der Waals surface area contributed by atoms with E-state index in [1.54, 1.807) is 18.4 Å². The van der Waals surface area contributed by atoms with Crippen LogP contribution in [0.25, 0.3) is 0 Å². The fourth-order valence-electron chi connectivity index (χ4n) is 1.21. The molecule has 0 amide bonds. The Kier molecular flexibility index (Phi) is 7.37. The van der Waals surface area contributed by atoms with Crippen molar-refractivity contribution in [3.63, 3.8) is 0 Å². The van der Waals surface area contributed by atoms with E-state index in [2.05, 4.69) is 5.32 Å². The van der Waals surface area contributed by atoms with E-state index < -0.39 is 6.10 Å². The molecule has 4 nitrogen and oxygen atoms in total. The van der Waals surface area contributed by atoms with E-state index in [1.165, 1.54) is 0 Å². The summed E-state index contributed by atoms with van der Waals surface area (Å²) in [5.41, 5.74) is 0.970. The fourth-order valence-corrected chi connectivity index (χ4v) is 1.92. The van der Waals surface area contributed by atoms with Gasteiger partial charge in [0.15, 0.2) is 0 Å². The van der Waals surface area contributed by atoms with E-state index in [0.29, 0.717) is 26.4 Å². The van der Waals surface area contributed by atoms with Crippen molar-refractivity contribution in [2.24, 2.45) is 0 Å². The van der Waals surface area contributed by atoms with Gasteiger partial charge in [-0.3, -0.25) is 0 Å². The molecule has 92 valence electrons. The highest BCUT2D eigenvalue weighted by atomic mass is 32.1. The molecule has 5 heteroatoms. The van der Waals surface area contributed by atoms with Crippen LogP contribution in [0.3, 0.4) is 0 Å². The van der Waals surface area contributed by atoms with Crippen LogP contribution in [-0.4, -0.2) is 45.1 Å². The molecule has 2 N–H and O–H groups in total. The summed E-state index contributed by atoms with van der Waals surface area (Å²) in [6.45, 7) is 3.18. The highest BCUT2D eigenvalue weighted by molar-refractivity contribution is 7.07. The third-order valence-electron chi connectivity index (χ3n) is 2.12. The third-order valence-corrected chi connectivity index (χ3v) is 2.82. The Hall–Kier alpha value is -0.460. The molecule has 1 aromatic heterocycles. The summed E-state index contributed by atoms with van der Waals surface area (Å²) in [5.74, 6) is 0. The van der Waals surface area contributed by atoms with Crippen molar-refractivity contribution in [2.45, 2.75) is 6.10 Å². The molecular formula is C11H19NO3S. The molecule has 0 saturated heterocycles. The normalized spacial score (nSPS) is 12.9. The van der Waals surface area contributed by atoms with Crippen LogP contribution in [0.1, 0.15) is 11.7 Å². The van der Waals surface area contributed by atoms with E-state index in [1.807, 2.05) is 16.8 Å². The maximum Gasteiger partial charge on any atom is 0.0922 e. The van der Waals surface area contributed by atoms with Crippen LogP contribution < -0.4 is 5.32 Å². The lowest BCUT2D eigenvalue weighted by molar-refractivity contribution is 0.0703. The quantitative estimate of drug-likeness (QED) is 0.638. The molecule has 0 bridgehead atoms. The maximum absolute atomic E-state index is 9.73. The Morgan fingerprint density at radius 1 is 1.44 bits per heavy atom.